The van der Waals surface area contributed by atoms with Crippen molar-refractivity contribution in [2.45, 2.75) is 19.6 Å². The van der Waals surface area contributed by atoms with E-state index in [1.54, 1.807) is 23.5 Å². The molecule has 1 aliphatic heterocycles. The monoisotopic (exact) mass is 397 g/mol. The van der Waals surface area contributed by atoms with E-state index in [0.717, 1.165) is 32.6 Å². The number of benzene rings is 2. The number of hydrogen-bond donors (Lipinski definition) is 0. The molecule has 0 N–H and O–H groups in total. The van der Waals surface area contributed by atoms with Crippen molar-refractivity contribution in [2.24, 2.45) is 0 Å². The van der Waals surface area contributed by atoms with Gasteiger partial charge < -0.3 is 9.64 Å². The molecule has 1 aliphatic rings. The minimum Gasteiger partial charge on any atom is -0.475 e. The van der Waals surface area contributed by atoms with Crippen LogP contribution in [0.1, 0.15) is 13.3 Å². The van der Waals surface area contributed by atoms with Crippen molar-refractivity contribution in [3.63, 3.8) is 0 Å². The molecule has 0 spiro atoms. The van der Waals surface area contributed by atoms with E-state index in [1.807, 2.05) is 0 Å². The lowest BCUT2D eigenvalue weighted by atomic mass is 10.1. The molecular formula is C21H23N3O3S. The maximum atomic E-state index is 11.0. The Bertz CT molecular complexity index is 966. The van der Waals surface area contributed by atoms with Gasteiger partial charge >= 0.3 is 0 Å². The molecule has 1 fully saturated rings. The number of nitro benzene ring substituents is 1. The predicted molar refractivity (Wildman–Crippen MR) is 113 cm³/mol. The lowest BCUT2D eigenvalue weighted by molar-refractivity contribution is -0.385. The van der Waals surface area contributed by atoms with E-state index in [2.05, 4.69) is 46.4 Å². The number of fused-ring (bicyclic) bond motifs is 1. The zero-order valence-corrected chi connectivity index (χ0v) is 16.6. The molecule has 1 saturated heterocycles. The van der Waals surface area contributed by atoms with Crippen LogP contribution in [0.25, 0.3) is 10.1 Å². The van der Waals surface area contributed by atoms with Crippen LogP contribution in [0.4, 0.5) is 11.4 Å². The van der Waals surface area contributed by atoms with Gasteiger partial charge in [0, 0.05) is 48.0 Å². The first-order valence-electron chi connectivity index (χ1n) is 9.52. The van der Waals surface area contributed by atoms with Crippen molar-refractivity contribution >= 4 is 32.8 Å². The molecule has 4 rings (SSSR count). The zero-order chi connectivity index (χ0) is 19.5. The van der Waals surface area contributed by atoms with Crippen molar-refractivity contribution in [1.29, 1.82) is 0 Å². The molecule has 2 heterocycles. The van der Waals surface area contributed by atoms with Crippen LogP contribution < -0.4 is 9.64 Å². The topological polar surface area (TPSA) is 58.9 Å². The Kier molecular flexibility index (Phi) is 5.45. The second-order valence-electron chi connectivity index (χ2n) is 6.87. The summed E-state index contributed by atoms with van der Waals surface area (Å²) in [6.45, 7) is 5.75. The van der Waals surface area contributed by atoms with E-state index >= 15 is 0 Å². The lowest BCUT2D eigenvalue weighted by Gasteiger charge is -2.40. The maximum absolute atomic E-state index is 11.0. The maximum Gasteiger partial charge on any atom is 0.273 e. The van der Waals surface area contributed by atoms with Gasteiger partial charge in [-0.05, 0) is 36.1 Å². The van der Waals surface area contributed by atoms with Gasteiger partial charge in [-0.3, -0.25) is 15.0 Å². The fourth-order valence-electron chi connectivity index (χ4n) is 3.75. The second-order valence-corrected chi connectivity index (χ2v) is 7.82. The molecule has 2 aromatic carbocycles. The average molecular weight is 398 g/mol. The third kappa shape index (κ3) is 3.81. The molecule has 1 aromatic heterocycles. The van der Waals surface area contributed by atoms with E-state index in [1.165, 1.54) is 27.9 Å². The summed E-state index contributed by atoms with van der Waals surface area (Å²) >= 11 is 1.77. The molecule has 0 amide bonds. The molecule has 0 saturated carbocycles. The van der Waals surface area contributed by atoms with E-state index in [4.69, 9.17) is 4.74 Å². The summed E-state index contributed by atoms with van der Waals surface area (Å²) in [7, 11) is 0. The highest BCUT2D eigenvalue weighted by atomic mass is 32.1. The Morgan fingerprint density at radius 1 is 1.14 bits per heavy atom. The van der Waals surface area contributed by atoms with Crippen LogP contribution >= 0.6 is 11.3 Å². The van der Waals surface area contributed by atoms with E-state index in [0.29, 0.717) is 5.75 Å². The summed E-state index contributed by atoms with van der Waals surface area (Å²) < 4.78 is 7.42. The molecule has 146 valence electrons. The molecule has 0 radical (unpaired) electrons. The summed E-state index contributed by atoms with van der Waals surface area (Å²) in [5.74, 6) is 0.548. The number of non-ortho nitro benzene ring substituents is 1. The van der Waals surface area contributed by atoms with Crippen LogP contribution in [0, 0.1) is 10.1 Å². The highest BCUT2D eigenvalue weighted by molar-refractivity contribution is 7.17. The number of hydrogen-bond acceptors (Lipinski definition) is 6. The third-order valence-corrected chi connectivity index (χ3v) is 6.07. The van der Waals surface area contributed by atoms with Crippen molar-refractivity contribution in [1.82, 2.24) is 4.90 Å². The van der Waals surface area contributed by atoms with Gasteiger partial charge in [0.25, 0.3) is 5.69 Å². The molecule has 1 atom stereocenters. The molecule has 3 aromatic rings. The summed E-state index contributed by atoms with van der Waals surface area (Å²) in [5.41, 5.74) is 1.35. The number of ether oxygens (including phenoxy) is 1. The van der Waals surface area contributed by atoms with Gasteiger partial charge in [0.05, 0.1) is 11.0 Å². The first-order chi connectivity index (χ1) is 13.7. The van der Waals surface area contributed by atoms with Crippen molar-refractivity contribution in [2.75, 3.05) is 31.1 Å². The largest absolute Gasteiger partial charge is 0.475 e. The smallest absolute Gasteiger partial charge is 0.273 e. The van der Waals surface area contributed by atoms with Gasteiger partial charge in [0.1, 0.15) is 5.75 Å². The van der Waals surface area contributed by atoms with Gasteiger partial charge in [-0.1, -0.05) is 19.1 Å². The van der Waals surface area contributed by atoms with Crippen molar-refractivity contribution in [3.05, 3.63) is 64.0 Å². The van der Waals surface area contributed by atoms with Crippen LogP contribution in [0.2, 0.25) is 0 Å². The first-order valence-corrected chi connectivity index (χ1v) is 10.4. The zero-order valence-electron chi connectivity index (χ0n) is 15.8. The first kappa shape index (κ1) is 18.7. The normalized spacial score (nSPS) is 16.2. The molecular weight excluding hydrogens is 374 g/mol. The van der Waals surface area contributed by atoms with E-state index in [-0.39, 0.29) is 11.9 Å². The SMILES string of the molecule is CCC(Oc1cccc([N+](=O)[O-])c1)N1CCN(c2cccc3sccc23)CC1. The Balaban J connectivity index is 1.42. The van der Waals surface area contributed by atoms with Crippen LogP contribution in [0.5, 0.6) is 5.75 Å². The van der Waals surface area contributed by atoms with Gasteiger partial charge in [-0.25, -0.2) is 0 Å². The predicted octanol–water partition coefficient (Wildman–Crippen LogP) is 4.75. The van der Waals surface area contributed by atoms with Crippen LogP contribution in [-0.4, -0.2) is 42.2 Å². The van der Waals surface area contributed by atoms with E-state index < -0.39 is 4.92 Å². The van der Waals surface area contributed by atoms with Crippen LogP contribution in [0.15, 0.2) is 53.9 Å². The highest BCUT2D eigenvalue weighted by Gasteiger charge is 2.25. The highest BCUT2D eigenvalue weighted by Crippen LogP contribution is 2.31. The number of nitrogens with zero attached hydrogens (tertiary/aromatic N) is 3. The van der Waals surface area contributed by atoms with Gasteiger partial charge in [0.2, 0.25) is 0 Å². The molecule has 0 bridgehead atoms. The Hall–Kier alpha value is -2.64. The summed E-state index contributed by atoms with van der Waals surface area (Å²) in [6, 6.07) is 15.1. The fourth-order valence-corrected chi connectivity index (χ4v) is 4.56. The Morgan fingerprint density at radius 3 is 2.68 bits per heavy atom. The van der Waals surface area contributed by atoms with Crippen molar-refractivity contribution in [3.8, 4) is 5.75 Å². The molecule has 0 aliphatic carbocycles. The fraction of sp³-hybridized carbons (Fsp3) is 0.333. The van der Waals surface area contributed by atoms with Crippen molar-refractivity contribution < 1.29 is 9.66 Å². The number of thiophene rings is 1. The van der Waals surface area contributed by atoms with Gasteiger partial charge in [-0.2, -0.15) is 0 Å². The molecule has 28 heavy (non-hydrogen) atoms. The number of nitro groups is 1. The number of anilines is 1. The molecule has 6 nitrogen and oxygen atoms in total. The van der Waals surface area contributed by atoms with Gasteiger partial charge in [-0.15, -0.1) is 11.3 Å². The summed E-state index contributed by atoms with van der Waals surface area (Å²) in [5, 5.41) is 14.5. The lowest BCUT2D eigenvalue weighted by Crippen LogP contribution is -2.52. The van der Waals surface area contributed by atoms with Crippen LogP contribution in [-0.2, 0) is 0 Å². The second kappa shape index (κ2) is 8.16. The Morgan fingerprint density at radius 2 is 1.93 bits per heavy atom. The summed E-state index contributed by atoms with van der Waals surface area (Å²) in [4.78, 5) is 15.4. The number of piperazine rings is 1. The summed E-state index contributed by atoms with van der Waals surface area (Å²) in [6.07, 6.45) is 0.740. The molecule has 7 heteroatoms. The van der Waals surface area contributed by atoms with Gasteiger partial charge in [0.15, 0.2) is 6.23 Å². The minimum atomic E-state index is -0.391. The standard InChI is InChI=1S/C21H23N3O3S/c1-2-21(27-17-6-3-5-16(15-17)24(25)26)23-12-10-22(11-13-23)19-7-4-8-20-18(19)9-14-28-20/h3-9,14-15,21H,2,10-13H2,1H3. The molecule has 1 unspecified atom stereocenters. The number of rotatable bonds is 6. The average Bonchev–Trinajstić information content (AvgIpc) is 3.21. The quantitative estimate of drug-likeness (QED) is 0.444. The minimum absolute atomic E-state index is 0.0565. The van der Waals surface area contributed by atoms with Crippen LogP contribution in [0.3, 0.4) is 0 Å². The third-order valence-electron chi connectivity index (χ3n) is 5.18. The Labute approximate surface area is 168 Å². The van der Waals surface area contributed by atoms with E-state index in [9.17, 15) is 10.1 Å².